The second-order valence-corrected chi connectivity index (χ2v) is 17.7. The highest BCUT2D eigenvalue weighted by molar-refractivity contribution is 6.84. The molecule has 6 heteroatoms. The van der Waals surface area contributed by atoms with E-state index in [1.807, 2.05) is 24.3 Å². The van der Waals surface area contributed by atoms with Gasteiger partial charge in [-0.1, -0.05) is 42.0 Å². The number of hydrogen-bond acceptors (Lipinski definition) is 4. The van der Waals surface area contributed by atoms with E-state index in [1.54, 1.807) is 0 Å². The van der Waals surface area contributed by atoms with E-state index in [4.69, 9.17) is 8.85 Å². The Kier molecular flexibility index (Phi) is 8.25. The minimum absolute atomic E-state index is 0.498. The van der Waals surface area contributed by atoms with Crippen molar-refractivity contribution in [1.82, 2.24) is 0 Å². The van der Waals surface area contributed by atoms with Gasteiger partial charge in [-0.05, 0) is 81.3 Å². The normalized spacial score (nSPS) is 11.9. The largest absolute Gasteiger partial charge is 0.513 e. The van der Waals surface area contributed by atoms with E-state index >= 15 is 0 Å². The summed E-state index contributed by atoms with van der Waals surface area (Å²) in [6.07, 6.45) is 1.36. The fraction of sp³-hybridized carbons (Fsp3) is 0.435. The average molecular weight is 431 g/mol. The van der Waals surface area contributed by atoms with Crippen molar-refractivity contribution in [3.8, 4) is 5.75 Å². The molecule has 0 amide bonds. The van der Waals surface area contributed by atoms with Crippen LogP contribution in [0, 0.1) is 6.92 Å². The van der Waals surface area contributed by atoms with E-state index in [0.29, 0.717) is 5.75 Å². The van der Waals surface area contributed by atoms with Crippen LogP contribution in [0.1, 0.15) is 16.7 Å². The molecule has 0 atom stereocenters. The molecule has 0 N–H and O–H groups in total. The third kappa shape index (κ3) is 8.56. The van der Waals surface area contributed by atoms with E-state index in [9.17, 15) is 4.79 Å². The summed E-state index contributed by atoms with van der Waals surface area (Å²) in [5.41, 5.74) is 3.93. The van der Waals surface area contributed by atoms with Crippen LogP contribution in [0.2, 0.25) is 38.3 Å². The first-order valence-corrected chi connectivity index (χ1v) is 16.4. The quantitative estimate of drug-likeness (QED) is 0.264. The second kappa shape index (κ2) is 10.2. The summed E-state index contributed by atoms with van der Waals surface area (Å²) >= 11 is 0. The third-order valence-corrected chi connectivity index (χ3v) is 12.3. The molecule has 4 nitrogen and oxygen atoms in total. The van der Waals surface area contributed by atoms with Crippen molar-refractivity contribution in [1.29, 1.82) is 0 Å². The molecule has 0 radical (unpaired) electrons. The summed E-state index contributed by atoms with van der Waals surface area (Å²) in [5.74, 6) is 0.498. The lowest BCUT2D eigenvalue weighted by molar-refractivity contribution is 0.121. The maximum atomic E-state index is 11.2. The molecule has 0 aliphatic carbocycles. The summed E-state index contributed by atoms with van der Waals surface area (Å²) < 4.78 is 16.3. The Labute approximate surface area is 177 Å². The molecular weight excluding hydrogens is 396 g/mol. The minimum Gasteiger partial charge on any atom is -0.455 e. The van der Waals surface area contributed by atoms with E-state index in [0.717, 1.165) is 24.9 Å². The number of carbonyl (C=O) groups excluding carboxylic acids is 1. The molecule has 0 aliphatic rings. The SMILES string of the molecule is COC(=O)Oc1ccc(CC[Si](C)(C)O[Si](C)(C)CCc2ccc(C)cc2)cc1. The Balaban J connectivity index is 1.84. The van der Waals surface area contributed by atoms with E-state index in [2.05, 4.69) is 62.1 Å². The van der Waals surface area contributed by atoms with Crippen molar-refractivity contribution in [3.05, 3.63) is 65.2 Å². The molecular formula is C23H34O4Si2. The second-order valence-electron chi connectivity index (χ2n) is 8.81. The van der Waals surface area contributed by atoms with Gasteiger partial charge in [-0.3, -0.25) is 0 Å². The number of rotatable bonds is 9. The maximum absolute atomic E-state index is 11.2. The summed E-state index contributed by atoms with van der Waals surface area (Å²) in [5, 5.41) is 0. The maximum Gasteiger partial charge on any atom is 0.513 e. The van der Waals surface area contributed by atoms with Crippen LogP contribution in [-0.2, 0) is 21.7 Å². The smallest absolute Gasteiger partial charge is 0.455 e. The molecule has 0 fully saturated rings. The van der Waals surface area contributed by atoms with Crippen molar-refractivity contribution in [2.24, 2.45) is 0 Å². The summed E-state index contributed by atoms with van der Waals surface area (Å²) in [7, 11) is -2.17. The first-order chi connectivity index (χ1) is 13.6. The van der Waals surface area contributed by atoms with Gasteiger partial charge in [-0.15, -0.1) is 0 Å². The first-order valence-electron chi connectivity index (χ1n) is 10.2. The zero-order chi connectivity index (χ0) is 21.5. The van der Waals surface area contributed by atoms with E-state index in [1.165, 1.54) is 23.8 Å². The molecule has 0 saturated heterocycles. The van der Waals surface area contributed by atoms with Gasteiger partial charge < -0.3 is 13.6 Å². The molecule has 2 aromatic rings. The molecule has 0 spiro atoms. The number of carbonyl (C=O) groups is 1. The van der Waals surface area contributed by atoms with E-state index in [-0.39, 0.29) is 0 Å². The molecule has 0 bridgehead atoms. The molecule has 0 unspecified atom stereocenters. The van der Waals surface area contributed by atoms with Crippen molar-refractivity contribution in [2.45, 2.75) is 58.0 Å². The van der Waals surface area contributed by atoms with Crippen LogP contribution < -0.4 is 4.74 Å². The Bertz CT molecular complexity index is 784. The van der Waals surface area contributed by atoms with Gasteiger partial charge in [0.05, 0.1) is 7.11 Å². The predicted octanol–water partition coefficient (Wildman–Crippen LogP) is 6.35. The number of methoxy groups -OCH3 is 1. The topological polar surface area (TPSA) is 44.8 Å². The minimum atomic E-state index is -1.76. The zero-order valence-corrected chi connectivity index (χ0v) is 20.6. The molecule has 0 saturated carbocycles. The molecule has 0 heterocycles. The van der Waals surface area contributed by atoms with Gasteiger partial charge in [-0.2, -0.15) is 0 Å². The fourth-order valence-corrected chi connectivity index (χ4v) is 11.9. The number of hydrogen-bond donors (Lipinski definition) is 0. The Morgan fingerprint density at radius 2 is 1.24 bits per heavy atom. The van der Waals surface area contributed by atoms with Gasteiger partial charge in [-0.25, -0.2) is 4.79 Å². The van der Waals surface area contributed by atoms with Crippen LogP contribution in [0.25, 0.3) is 0 Å². The van der Waals surface area contributed by atoms with Gasteiger partial charge >= 0.3 is 6.16 Å². The lowest BCUT2D eigenvalue weighted by atomic mass is 10.1. The monoisotopic (exact) mass is 430 g/mol. The van der Waals surface area contributed by atoms with Crippen LogP contribution in [0.15, 0.2) is 48.5 Å². The number of ether oxygens (including phenoxy) is 2. The zero-order valence-electron chi connectivity index (χ0n) is 18.6. The summed E-state index contributed by atoms with van der Waals surface area (Å²) in [6.45, 7) is 11.5. The molecule has 2 aromatic carbocycles. The first kappa shape index (κ1) is 23.4. The number of benzene rings is 2. The number of aryl methyl sites for hydroxylation is 3. The lowest BCUT2D eigenvalue weighted by Crippen LogP contribution is -2.44. The highest BCUT2D eigenvalue weighted by atomic mass is 28.4. The highest BCUT2D eigenvalue weighted by Crippen LogP contribution is 2.25. The summed E-state index contributed by atoms with van der Waals surface area (Å²) in [6, 6.07) is 18.7. The molecule has 29 heavy (non-hydrogen) atoms. The van der Waals surface area contributed by atoms with E-state index < -0.39 is 22.8 Å². The summed E-state index contributed by atoms with van der Waals surface area (Å²) in [4.78, 5) is 11.2. The average Bonchev–Trinajstić information content (AvgIpc) is 2.66. The lowest BCUT2D eigenvalue weighted by Gasteiger charge is -2.34. The predicted molar refractivity (Wildman–Crippen MR) is 124 cm³/mol. The molecule has 0 aromatic heterocycles. The van der Waals surface area contributed by atoms with Crippen LogP contribution in [0.4, 0.5) is 4.79 Å². The molecule has 158 valence electrons. The molecule has 2 rings (SSSR count). The van der Waals surface area contributed by atoms with Crippen LogP contribution in [0.3, 0.4) is 0 Å². The van der Waals surface area contributed by atoms with Crippen LogP contribution >= 0.6 is 0 Å². The van der Waals surface area contributed by atoms with Crippen LogP contribution in [0.5, 0.6) is 5.75 Å². The Morgan fingerprint density at radius 3 is 1.69 bits per heavy atom. The van der Waals surface area contributed by atoms with Gasteiger partial charge in [0.15, 0.2) is 16.6 Å². The molecule has 0 aliphatic heterocycles. The van der Waals surface area contributed by atoms with Crippen LogP contribution in [-0.4, -0.2) is 29.9 Å². The van der Waals surface area contributed by atoms with Gasteiger partial charge in [0.25, 0.3) is 0 Å². The highest BCUT2D eigenvalue weighted by Gasteiger charge is 2.32. The van der Waals surface area contributed by atoms with Crippen molar-refractivity contribution < 1.29 is 18.4 Å². The van der Waals surface area contributed by atoms with Gasteiger partial charge in [0.2, 0.25) is 0 Å². The van der Waals surface area contributed by atoms with Crippen molar-refractivity contribution >= 4 is 22.8 Å². The van der Waals surface area contributed by atoms with Gasteiger partial charge in [0, 0.05) is 0 Å². The van der Waals surface area contributed by atoms with Gasteiger partial charge in [0.1, 0.15) is 5.75 Å². The fourth-order valence-electron chi connectivity index (χ4n) is 3.36. The Morgan fingerprint density at radius 1 is 0.793 bits per heavy atom. The van der Waals surface area contributed by atoms with Crippen molar-refractivity contribution in [3.63, 3.8) is 0 Å². The Hall–Kier alpha value is -1.90. The van der Waals surface area contributed by atoms with Crippen molar-refractivity contribution in [2.75, 3.05) is 7.11 Å². The standard InChI is InChI=1S/C23H34O4Si2/c1-19-7-9-20(10-8-19)15-17-28(3,4)27-29(5,6)18-16-21-11-13-22(14-12-21)26-23(24)25-2/h7-14H,15-18H2,1-6H3. The third-order valence-electron chi connectivity index (χ3n) is 5.00.